The van der Waals surface area contributed by atoms with Crippen LogP contribution in [0.4, 0.5) is 18.9 Å². The Labute approximate surface area is 120 Å². The van der Waals surface area contributed by atoms with E-state index in [9.17, 15) is 21.6 Å². The first-order valence-corrected chi connectivity index (χ1v) is 7.49. The predicted octanol–water partition coefficient (Wildman–Crippen LogP) is 3.59. The van der Waals surface area contributed by atoms with Gasteiger partial charge in [-0.2, -0.15) is 13.2 Å². The first-order chi connectivity index (χ1) is 9.82. The summed E-state index contributed by atoms with van der Waals surface area (Å²) in [5.41, 5.74) is -4.56. The Bertz CT molecular complexity index is 712. The Morgan fingerprint density at radius 2 is 1.48 bits per heavy atom. The van der Waals surface area contributed by atoms with Gasteiger partial charge in [-0.3, -0.25) is 0 Å². The van der Waals surface area contributed by atoms with E-state index in [1.807, 2.05) is 6.07 Å². The van der Waals surface area contributed by atoms with Crippen LogP contribution in [0.5, 0.6) is 0 Å². The lowest BCUT2D eigenvalue weighted by molar-refractivity contribution is -0.0435. The van der Waals surface area contributed by atoms with E-state index < -0.39 is 20.2 Å². The minimum absolute atomic E-state index is 0.0707. The van der Waals surface area contributed by atoms with Crippen LogP contribution in [0, 0.1) is 0 Å². The highest BCUT2D eigenvalue weighted by molar-refractivity contribution is 7.92. The van der Waals surface area contributed by atoms with Gasteiger partial charge in [-0.15, -0.1) is 0 Å². The molecule has 0 bridgehead atoms. The van der Waals surface area contributed by atoms with Crippen molar-refractivity contribution in [3.8, 4) is 0 Å². The standard InChI is InChI=1S/C14H12F3NO2S/c15-14(16,17)21(19,20)13-9-5-4-8-12(13)18-10-11-6-2-1-3-7-11/h1-9,18H,10H2. The van der Waals surface area contributed by atoms with Crippen LogP contribution in [0.2, 0.25) is 0 Å². The van der Waals surface area contributed by atoms with E-state index >= 15 is 0 Å². The van der Waals surface area contributed by atoms with Gasteiger partial charge >= 0.3 is 5.51 Å². The molecule has 1 N–H and O–H groups in total. The fourth-order valence-corrected chi connectivity index (χ4v) is 2.70. The maximum absolute atomic E-state index is 12.6. The van der Waals surface area contributed by atoms with Crippen molar-refractivity contribution in [1.29, 1.82) is 0 Å². The fraction of sp³-hybridized carbons (Fsp3) is 0.143. The fourth-order valence-electron chi connectivity index (χ4n) is 1.76. The zero-order chi connectivity index (χ0) is 15.5. The Balaban J connectivity index is 2.30. The summed E-state index contributed by atoms with van der Waals surface area (Å²) < 4.78 is 61.0. The molecule has 0 aromatic heterocycles. The largest absolute Gasteiger partial charge is 0.501 e. The van der Waals surface area contributed by atoms with Crippen molar-refractivity contribution in [1.82, 2.24) is 0 Å². The Hall–Kier alpha value is -2.02. The van der Waals surface area contributed by atoms with Crippen LogP contribution in [0.3, 0.4) is 0 Å². The molecular weight excluding hydrogens is 303 g/mol. The van der Waals surface area contributed by atoms with Gasteiger partial charge < -0.3 is 5.32 Å². The smallest absolute Gasteiger partial charge is 0.380 e. The van der Waals surface area contributed by atoms with Crippen LogP contribution >= 0.6 is 0 Å². The number of halogens is 3. The number of nitrogens with one attached hydrogen (secondary N) is 1. The summed E-state index contributed by atoms with van der Waals surface area (Å²) in [6.07, 6.45) is 0. The van der Waals surface area contributed by atoms with Crippen LogP contribution in [0.15, 0.2) is 59.5 Å². The van der Waals surface area contributed by atoms with E-state index in [1.54, 1.807) is 24.3 Å². The number of benzene rings is 2. The molecule has 21 heavy (non-hydrogen) atoms. The average molecular weight is 315 g/mol. The van der Waals surface area contributed by atoms with Crippen molar-refractivity contribution in [3.05, 3.63) is 60.2 Å². The Morgan fingerprint density at radius 3 is 2.10 bits per heavy atom. The number of hydrogen-bond acceptors (Lipinski definition) is 3. The minimum Gasteiger partial charge on any atom is -0.380 e. The maximum atomic E-state index is 12.6. The van der Waals surface area contributed by atoms with Crippen molar-refractivity contribution < 1.29 is 21.6 Å². The Morgan fingerprint density at radius 1 is 0.905 bits per heavy atom. The molecule has 0 heterocycles. The Kier molecular flexibility index (Phi) is 4.22. The number of para-hydroxylation sites is 1. The van der Waals surface area contributed by atoms with E-state index in [0.29, 0.717) is 0 Å². The van der Waals surface area contributed by atoms with Crippen molar-refractivity contribution in [2.75, 3.05) is 5.32 Å². The number of sulfone groups is 1. The normalized spacial score (nSPS) is 12.1. The molecule has 0 atom stereocenters. The highest BCUT2D eigenvalue weighted by Crippen LogP contribution is 2.34. The van der Waals surface area contributed by atoms with Gasteiger partial charge in [0.15, 0.2) is 0 Å². The molecule has 0 spiro atoms. The molecule has 0 amide bonds. The first kappa shape index (κ1) is 15.4. The molecule has 112 valence electrons. The lowest BCUT2D eigenvalue weighted by Gasteiger charge is -2.14. The lowest BCUT2D eigenvalue weighted by Crippen LogP contribution is -2.24. The average Bonchev–Trinajstić information content (AvgIpc) is 2.45. The third-order valence-electron chi connectivity index (χ3n) is 2.81. The zero-order valence-electron chi connectivity index (χ0n) is 10.8. The van der Waals surface area contributed by atoms with Gasteiger partial charge in [-0.25, -0.2) is 8.42 Å². The second kappa shape index (κ2) is 5.77. The quantitative estimate of drug-likeness (QED) is 0.938. The number of rotatable bonds is 4. The summed E-state index contributed by atoms with van der Waals surface area (Å²) in [5, 5.41) is 2.73. The molecule has 7 heteroatoms. The highest BCUT2D eigenvalue weighted by atomic mass is 32.2. The van der Waals surface area contributed by atoms with Gasteiger partial charge in [0.05, 0.1) is 10.6 Å². The molecule has 0 unspecified atom stereocenters. The molecule has 2 aromatic carbocycles. The van der Waals surface area contributed by atoms with Crippen molar-refractivity contribution in [2.45, 2.75) is 16.9 Å². The second-order valence-corrected chi connectivity index (χ2v) is 6.19. The first-order valence-electron chi connectivity index (χ1n) is 6.00. The molecule has 0 fully saturated rings. The molecule has 0 saturated carbocycles. The zero-order valence-corrected chi connectivity index (χ0v) is 11.6. The molecule has 0 aliphatic carbocycles. The molecule has 0 saturated heterocycles. The van der Waals surface area contributed by atoms with Crippen molar-refractivity contribution >= 4 is 15.5 Å². The molecule has 0 radical (unpaired) electrons. The van der Waals surface area contributed by atoms with Crippen molar-refractivity contribution in [3.63, 3.8) is 0 Å². The SMILES string of the molecule is O=S(=O)(c1ccccc1NCc1ccccc1)C(F)(F)F. The summed E-state index contributed by atoms with van der Waals surface area (Å²) in [6, 6.07) is 13.9. The second-order valence-electron chi connectivity index (χ2n) is 4.28. The highest BCUT2D eigenvalue weighted by Gasteiger charge is 2.47. The summed E-state index contributed by atoms with van der Waals surface area (Å²) in [5.74, 6) is 0. The van der Waals surface area contributed by atoms with Crippen LogP contribution in [-0.4, -0.2) is 13.9 Å². The van der Waals surface area contributed by atoms with Gasteiger partial charge in [0.2, 0.25) is 0 Å². The van der Waals surface area contributed by atoms with Crippen molar-refractivity contribution in [2.24, 2.45) is 0 Å². The number of hydrogen-bond donors (Lipinski definition) is 1. The molecule has 0 aliphatic rings. The maximum Gasteiger partial charge on any atom is 0.501 e. The molecular formula is C14H12F3NO2S. The van der Waals surface area contributed by atoms with Crippen LogP contribution < -0.4 is 5.32 Å². The summed E-state index contributed by atoms with van der Waals surface area (Å²) in [6.45, 7) is 0.227. The van der Waals surface area contributed by atoms with Gasteiger partial charge in [-0.1, -0.05) is 42.5 Å². The summed E-state index contributed by atoms with van der Waals surface area (Å²) >= 11 is 0. The van der Waals surface area contributed by atoms with E-state index in [2.05, 4.69) is 5.32 Å². The van der Waals surface area contributed by atoms with Gasteiger partial charge in [0, 0.05) is 6.54 Å². The monoisotopic (exact) mass is 315 g/mol. The third kappa shape index (κ3) is 3.36. The topological polar surface area (TPSA) is 46.2 Å². The van der Waals surface area contributed by atoms with E-state index in [4.69, 9.17) is 0 Å². The molecule has 2 aromatic rings. The van der Waals surface area contributed by atoms with Gasteiger partial charge in [0.1, 0.15) is 0 Å². The summed E-state index contributed by atoms with van der Waals surface area (Å²) in [4.78, 5) is -0.770. The van der Waals surface area contributed by atoms with Crippen LogP contribution in [-0.2, 0) is 16.4 Å². The third-order valence-corrected chi connectivity index (χ3v) is 4.35. The lowest BCUT2D eigenvalue weighted by atomic mass is 10.2. The van der Waals surface area contributed by atoms with Crippen LogP contribution in [0.25, 0.3) is 0 Å². The minimum atomic E-state index is -5.37. The van der Waals surface area contributed by atoms with E-state index in [0.717, 1.165) is 11.6 Å². The molecule has 0 aliphatic heterocycles. The summed E-state index contributed by atoms with van der Waals surface area (Å²) in [7, 11) is -5.37. The predicted molar refractivity (Wildman–Crippen MR) is 73.5 cm³/mol. The van der Waals surface area contributed by atoms with Gasteiger partial charge in [0.25, 0.3) is 9.84 Å². The number of anilines is 1. The number of alkyl halides is 3. The van der Waals surface area contributed by atoms with E-state index in [1.165, 1.54) is 18.2 Å². The molecule has 3 nitrogen and oxygen atoms in total. The van der Waals surface area contributed by atoms with Gasteiger partial charge in [-0.05, 0) is 17.7 Å². The van der Waals surface area contributed by atoms with Crippen LogP contribution in [0.1, 0.15) is 5.56 Å². The van der Waals surface area contributed by atoms with E-state index in [-0.39, 0.29) is 12.2 Å². The molecule has 2 rings (SSSR count).